The maximum Gasteiger partial charge on any atom is 0.279 e. The van der Waals surface area contributed by atoms with E-state index in [1.807, 2.05) is 50.4 Å². The quantitative estimate of drug-likeness (QED) is 0.540. The maximum absolute atomic E-state index is 12.6. The summed E-state index contributed by atoms with van der Waals surface area (Å²) in [7, 11) is 0. The number of benzene rings is 1. The predicted octanol–water partition coefficient (Wildman–Crippen LogP) is 3.48. The van der Waals surface area contributed by atoms with Crippen molar-refractivity contribution < 1.29 is 4.79 Å². The Morgan fingerprint density at radius 1 is 1.14 bits per heavy atom. The van der Waals surface area contributed by atoms with Crippen LogP contribution in [0.1, 0.15) is 33.1 Å². The van der Waals surface area contributed by atoms with Gasteiger partial charge in [0, 0.05) is 10.9 Å². The minimum absolute atomic E-state index is 0.271. The van der Waals surface area contributed by atoms with Gasteiger partial charge in [-0.2, -0.15) is 8.75 Å². The van der Waals surface area contributed by atoms with E-state index in [0.29, 0.717) is 17.4 Å². The minimum Gasteiger partial charge on any atom is -0.296 e. The van der Waals surface area contributed by atoms with Crippen molar-refractivity contribution in [3.05, 3.63) is 58.0 Å². The molecule has 0 aliphatic heterocycles. The number of rotatable bonds is 5. The van der Waals surface area contributed by atoms with Gasteiger partial charge in [0.1, 0.15) is 0 Å². The van der Waals surface area contributed by atoms with Crippen molar-refractivity contribution in [1.29, 1.82) is 0 Å². The van der Waals surface area contributed by atoms with Crippen molar-refractivity contribution in [3.63, 3.8) is 0 Å². The molecule has 3 aromatic heterocycles. The van der Waals surface area contributed by atoms with Gasteiger partial charge in [0.05, 0.1) is 41.0 Å². The van der Waals surface area contributed by atoms with E-state index in [2.05, 4.69) is 29.4 Å². The Morgan fingerprint density at radius 3 is 2.64 bits per heavy atom. The summed E-state index contributed by atoms with van der Waals surface area (Å²) in [6.07, 6.45) is 0. The van der Waals surface area contributed by atoms with Gasteiger partial charge < -0.3 is 0 Å². The van der Waals surface area contributed by atoms with Gasteiger partial charge in [-0.25, -0.2) is 9.67 Å². The highest BCUT2D eigenvalue weighted by Crippen LogP contribution is 2.25. The topological polar surface area (TPSA) is 98.5 Å². The van der Waals surface area contributed by atoms with Crippen molar-refractivity contribution in [1.82, 2.24) is 28.7 Å². The van der Waals surface area contributed by atoms with E-state index in [-0.39, 0.29) is 11.6 Å². The van der Waals surface area contributed by atoms with Gasteiger partial charge in [0.15, 0.2) is 10.8 Å². The first-order valence-corrected chi connectivity index (χ1v) is 10.1. The highest BCUT2D eigenvalue weighted by atomic mass is 32.1. The van der Waals surface area contributed by atoms with Crippen LogP contribution in [0.2, 0.25) is 0 Å². The third-order valence-electron chi connectivity index (χ3n) is 4.32. The molecule has 3 heterocycles. The predicted molar refractivity (Wildman–Crippen MR) is 109 cm³/mol. The molecule has 1 N–H and O–H groups in total. The summed E-state index contributed by atoms with van der Waals surface area (Å²) in [6.45, 7) is 6.18. The highest BCUT2D eigenvalue weighted by molar-refractivity contribution is 7.14. The fraction of sp³-hybridized carbons (Fsp3) is 0.222. The standard InChI is InChI=1S/C18H17N7OS2/c1-10-4-6-13(7-5-10)15-9-27-18(19-15)20-17(26)16-12(3)25(24-21-16)8-14-11(2)22-28-23-14/h4-7,9H,8H2,1-3H3,(H,19,20,26). The zero-order valence-electron chi connectivity index (χ0n) is 15.5. The molecule has 0 bridgehead atoms. The van der Waals surface area contributed by atoms with Crippen LogP contribution in [0, 0.1) is 20.8 Å². The number of nitrogens with one attached hydrogen (secondary N) is 1. The number of hydrogen-bond donors (Lipinski definition) is 1. The van der Waals surface area contributed by atoms with Gasteiger partial charge in [0.25, 0.3) is 5.91 Å². The molecule has 10 heteroatoms. The lowest BCUT2D eigenvalue weighted by Gasteiger charge is -2.02. The van der Waals surface area contributed by atoms with E-state index in [1.54, 1.807) is 4.68 Å². The van der Waals surface area contributed by atoms with Crippen molar-refractivity contribution in [3.8, 4) is 11.3 Å². The average Bonchev–Trinajstić information content (AvgIpc) is 3.39. The van der Waals surface area contributed by atoms with Crippen LogP contribution in [0.3, 0.4) is 0 Å². The molecular weight excluding hydrogens is 394 g/mol. The third kappa shape index (κ3) is 3.69. The third-order valence-corrected chi connectivity index (χ3v) is 5.73. The smallest absolute Gasteiger partial charge is 0.279 e. The summed E-state index contributed by atoms with van der Waals surface area (Å²) in [5.41, 5.74) is 5.65. The first-order chi connectivity index (χ1) is 13.5. The number of aromatic nitrogens is 6. The number of amides is 1. The Morgan fingerprint density at radius 2 is 1.93 bits per heavy atom. The van der Waals surface area contributed by atoms with E-state index in [4.69, 9.17) is 0 Å². The summed E-state index contributed by atoms with van der Waals surface area (Å²) >= 11 is 2.53. The number of anilines is 1. The lowest BCUT2D eigenvalue weighted by Crippen LogP contribution is -2.14. The van der Waals surface area contributed by atoms with Crippen LogP contribution < -0.4 is 5.32 Å². The number of thiazole rings is 1. The zero-order chi connectivity index (χ0) is 19.7. The maximum atomic E-state index is 12.6. The molecule has 28 heavy (non-hydrogen) atoms. The average molecular weight is 412 g/mol. The number of carbonyl (C=O) groups excluding carboxylic acids is 1. The first kappa shape index (κ1) is 18.4. The molecule has 0 saturated carbocycles. The van der Waals surface area contributed by atoms with Gasteiger partial charge in [-0.1, -0.05) is 35.0 Å². The second-order valence-corrected chi connectivity index (χ2v) is 7.72. The Kier molecular flexibility index (Phi) is 4.97. The van der Waals surface area contributed by atoms with E-state index >= 15 is 0 Å². The Labute approximate surface area is 169 Å². The van der Waals surface area contributed by atoms with Crippen LogP contribution in [0.15, 0.2) is 29.6 Å². The lowest BCUT2D eigenvalue weighted by molar-refractivity contribution is 0.102. The molecule has 0 spiro atoms. The molecule has 4 aromatic rings. The van der Waals surface area contributed by atoms with Crippen LogP contribution in [0.4, 0.5) is 5.13 Å². The second-order valence-electron chi connectivity index (χ2n) is 6.34. The summed E-state index contributed by atoms with van der Waals surface area (Å²) < 4.78 is 10.1. The molecule has 0 fully saturated rings. The van der Waals surface area contributed by atoms with Gasteiger partial charge in [-0.05, 0) is 20.8 Å². The van der Waals surface area contributed by atoms with Crippen LogP contribution in [-0.2, 0) is 6.54 Å². The normalized spacial score (nSPS) is 11.0. The van der Waals surface area contributed by atoms with Crippen LogP contribution in [0.5, 0.6) is 0 Å². The van der Waals surface area contributed by atoms with Gasteiger partial charge in [0.2, 0.25) is 0 Å². The first-order valence-electron chi connectivity index (χ1n) is 8.53. The molecule has 0 unspecified atom stereocenters. The van der Waals surface area contributed by atoms with Gasteiger partial charge in [-0.15, -0.1) is 16.4 Å². The minimum atomic E-state index is -0.332. The van der Waals surface area contributed by atoms with E-state index in [0.717, 1.165) is 34.4 Å². The summed E-state index contributed by atoms with van der Waals surface area (Å²) in [5, 5.41) is 13.4. The zero-order valence-corrected chi connectivity index (χ0v) is 17.1. The molecule has 4 rings (SSSR count). The summed E-state index contributed by atoms with van der Waals surface area (Å²) in [6, 6.07) is 8.10. The molecule has 142 valence electrons. The largest absolute Gasteiger partial charge is 0.296 e. The Hall–Kier alpha value is -2.98. The molecule has 0 atom stereocenters. The second kappa shape index (κ2) is 7.56. The Balaban J connectivity index is 1.48. The SMILES string of the molecule is Cc1ccc(-c2csc(NC(=O)c3nnn(Cc4nsnc4C)c3C)n2)cc1. The summed E-state index contributed by atoms with van der Waals surface area (Å²) in [5.74, 6) is -0.332. The summed E-state index contributed by atoms with van der Waals surface area (Å²) in [4.78, 5) is 17.1. The van der Waals surface area contributed by atoms with Gasteiger partial charge >= 0.3 is 0 Å². The van der Waals surface area contributed by atoms with Crippen molar-refractivity contribution in [2.45, 2.75) is 27.3 Å². The Bertz CT molecular complexity index is 1130. The molecular formula is C18H17N7OS2. The molecule has 1 aromatic carbocycles. The highest BCUT2D eigenvalue weighted by Gasteiger charge is 2.19. The number of nitrogens with zero attached hydrogens (tertiary/aromatic N) is 6. The van der Waals surface area contributed by atoms with Crippen molar-refractivity contribution >= 4 is 34.1 Å². The lowest BCUT2D eigenvalue weighted by atomic mass is 10.1. The molecule has 0 aliphatic rings. The molecule has 0 radical (unpaired) electrons. The number of aryl methyl sites for hydroxylation is 2. The fourth-order valence-electron chi connectivity index (χ4n) is 2.60. The number of carbonyl (C=O) groups is 1. The van der Waals surface area contributed by atoms with Crippen molar-refractivity contribution in [2.75, 3.05) is 5.32 Å². The van der Waals surface area contributed by atoms with E-state index in [1.165, 1.54) is 16.9 Å². The van der Waals surface area contributed by atoms with Crippen LogP contribution in [0.25, 0.3) is 11.3 Å². The van der Waals surface area contributed by atoms with E-state index in [9.17, 15) is 4.79 Å². The fourth-order valence-corrected chi connectivity index (χ4v) is 3.87. The van der Waals surface area contributed by atoms with Crippen LogP contribution >= 0.6 is 23.1 Å². The molecule has 1 amide bonds. The molecule has 0 aliphatic carbocycles. The van der Waals surface area contributed by atoms with E-state index < -0.39 is 0 Å². The van der Waals surface area contributed by atoms with Crippen LogP contribution in [-0.4, -0.2) is 34.6 Å². The monoisotopic (exact) mass is 411 g/mol. The number of hydrogen-bond acceptors (Lipinski definition) is 8. The van der Waals surface area contributed by atoms with Crippen molar-refractivity contribution in [2.24, 2.45) is 0 Å². The molecule has 8 nitrogen and oxygen atoms in total. The van der Waals surface area contributed by atoms with Gasteiger partial charge in [-0.3, -0.25) is 10.1 Å². The molecule has 0 saturated heterocycles.